The van der Waals surface area contributed by atoms with E-state index in [1.807, 2.05) is 79.8 Å². The number of carbonyl (C=O) groups excluding carboxylic acids is 5. The van der Waals surface area contributed by atoms with E-state index in [4.69, 9.17) is 21.1 Å². The molecule has 14 heteroatoms. The first kappa shape index (κ1) is 48.6. The Balaban J connectivity index is 1.15. The van der Waals surface area contributed by atoms with Crippen LogP contribution in [0.2, 0.25) is 5.15 Å². The number of nitrogens with one attached hydrogen (secondary N) is 2. The Labute approximate surface area is 380 Å². The van der Waals surface area contributed by atoms with Crippen LogP contribution in [0.3, 0.4) is 0 Å². The lowest BCUT2D eigenvalue weighted by Gasteiger charge is -2.32. The first-order valence-electron chi connectivity index (χ1n) is 21.4. The van der Waals surface area contributed by atoms with Gasteiger partial charge in [0.1, 0.15) is 11.8 Å². The zero-order chi connectivity index (χ0) is 46.0. The van der Waals surface area contributed by atoms with E-state index in [9.17, 15) is 24.0 Å². The second kappa shape index (κ2) is 24.4. The zero-order valence-corrected chi connectivity index (χ0v) is 37.9. The largest absolute Gasteiger partial charge is 0.465 e. The average Bonchev–Trinajstić information content (AvgIpc) is 3.30. The van der Waals surface area contributed by atoms with Crippen LogP contribution >= 0.6 is 11.6 Å². The van der Waals surface area contributed by atoms with Gasteiger partial charge in [-0.15, -0.1) is 0 Å². The summed E-state index contributed by atoms with van der Waals surface area (Å²) in [7, 11) is 5.09. The van der Waals surface area contributed by atoms with E-state index >= 15 is 0 Å². The number of anilines is 2. The van der Waals surface area contributed by atoms with Gasteiger partial charge in [0.25, 0.3) is 11.8 Å². The fourth-order valence-corrected chi connectivity index (χ4v) is 7.33. The molecule has 0 unspecified atom stereocenters. The smallest absolute Gasteiger partial charge is 0.337 e. The third-order valence-electron chi connectivity index (χ3n) is 10.8. The van der Waals surface area contributed by atoms with Crippen molar-refractivity contribution in [1.82, 2.24) is 19.7 Å². The van der Waals surface area contributed by atoms with Gasteiger partial charge in [0.05, 0.1) is 24.8 Å². The van der Waals surface area contributed by atoms with Crippen LogP contribution in [0.25, 0.3) is 0 Å². The molecule has 0 bridgehead atoms. The van der Waals surface area contributed by atoms with Crippen LogP contribution in [-0.2, 0) is 45.3 Å². The summed E-state index contributed by atoms with van der Waals surface area (Å²) < 4.78 is 10.1. The van der Waals surface area contributed by atoms with Crippen molar-refractivity contribution in [3.05, 3.63) is 159 Å². The van der Waals surface area contributed by atoms with Crippen molar-refractivity contribution in [1.29, 1.82) is 0 Å². The summed E-state index contributed by atoms with van der Waals surface area (Å²) in [4.78, 5) is 74.7. The minimum atomic E-state index is -0.543. The van der Waals surface area contributed by atoms with E-state index in [1.54, 1.807) is 48.3 Å². The van der Waals surface area contributed by atoms with E-state index in [0.717, 1.165) is 35.1 Å². The van der Waals surface area contributed by atoms with Gasteiger partial charge in [0, 0.05) is 63.5 Å². The highest BCUT2D eigenvalue weighted by Gasteiger charge is 2.21. The standard InChI is InChI=1S/C50H57ClN6O7/c1-6-42(7-2)57(29-28-56(4)45(58)26-27-46(59)64-34-37-12-9-8-10-13-37)33-38-14-11-15-40(30-38)48(60)53-43-24-25-44(51)54-47(43)49(61)52-41-22-18-36(19-23-41)32-55(3)31-35-16-20-39(21-17-35)50(62)63-5/h8-25,30,42H,6-7,26-29,31-34H2,1-5H3,(H,52,61)(H,53,60). The van der Waals surface area contributed by atoms with Crippen molar-refractivity contribution in [2.45, 2.75) is 71.8 Å². The van der Waals surface area contributed by atoms with Crippen molar-refractivity contribution < 1.29 is 33.4 Å². The number of ether oxygens (including phenoxy) is 2. The second-order valence-corrected chi connectivity index (χ2v) is 16.0. The fraction of sp³-hybridized carbons (Fsp3) is 0.320. The first-order valence-corrected chi connectivity index (χ1v) is 21.7. The normalized spacial score (nSPS) is 11.1. The molecule has 64 heavy (non-hydrogen) atoms. The Morgan fingerprint density at radius 1 is 0.672 bits per heavy atom. The second-order valence-electron chi connectivity index (χ2n) is 15.6. The molecule has 4 aromatic carbocycles. The summed E-state index contributed by atoms with van der Waals surface area (Å²) in [6, 6.07) is 34.7. The summed E-state index contributed by atoms with van der Waals surface area (Å²) in [6.07, 6.45) is 1.86. The molecule has 13 nitrogen and oxygen atoms in total. The molecule has 0 saturated carbocycles. The Morgan fingerprint density at radius 3 is 1.98 bits per heavy atom. The average molecular weight is 889 g/mol. The molecule has 0 atom stereocenters. The number of pyridine rings is 1. The van der Waals surface area contributed by atoms with Crippen LogP contribution in [0, 0.1) is 0 Å². The van der Waals surface area contributed by atoms with E-state index in [0.29, 0.717) is 49.5 Å². The molecule has 0 aliphatic heterocycles. The molecule has 5 rings (SSSR count). The number of benzene rings is 4. The van der Waals surface area contributed by atoms with Gasteiger partial charge in [-0.25, -0.2) is 9.78 Å². The Kier molecular flexibility index (Phi) is 18.6. The van der Waals surface area contributed by atoms with Gasteiger partial charge in [-0.1, -0.05) is 92.2 Å². The Hall–Kier alpha value is -6.41. The van der Waals surface area contributed by atoms with Gasteiger partial charge >= 0.3 is 11.9 Å². The highest BCUT2D eigenvalue weighted by molar-refractivity contribution is 6.29. The van der Waals surface area contributed by atoms with Crippen molar-refractivity contribution in [3.63, 3.8) is 0 Å². The van der Waals surface area contributed by atoms with Gasteiger partial charge in [-0.3, -0.25) is 29.0 Å². The number of esters is 2. The molecule has 3 amide bonds. The number of likely N-dealkylation sites (N-methyl/N-ethyl adjacent to an activating group) is 1. The van der Waals surface area contributed by atoms with Crippen LogP contribution in [0.5, 0.6) is 0 Å². The number of amides is 3. The molecule has 1 heterocycles. The summed E-state index contributed by atoms with van der Waals surface area (Å²) in [5, 5.41) is 5.82. The number of hydrogen-bond acceptors (Lipinski definition) is 10. The Morgan fingerprint density at radius 2 is 1.33 bits per heavy atom. The number of rotatable bonds is 22. The summed E-state index contributed by atoms with van der Waals surface area (Å²) in [5.41, 5.74) is 5.47. The van der Waals surface area contributed by atoms with E-state index < -0.39 is 17.8 Å². The Bertz CT molecular complexity index is 2340. The minimum absolute atomic E-state index is 0.00680. The maximum absolute atomic E-state index is 13.7. The lowest BCUT2D eigenvalue weighted by Crippen LogP contribution is -2.41. The number of hydrogen-bond donors (Lipinski definition) is 2. The number of aromatic nitrogens is 1. The predicted octanol–water partition coefficient (Wildman–Crippen LogP) is 8.63. The molecule has 1 aromatic heterocycles. The van der Waals surface area contributed by atoms with E-state index in [2.05, 4.69) is 39.3 Å². The van der Waals surface area contributed by atoms with E-state index in [-0.39, 0.29) is 53.9 Å². The highest BCUT2D eigenvalue weighted by atomic mass is 35.5. The molecule has 0 radical (unpaired) electrons. The number of halogens is 1. The molecule has 0 saturated heterocycles. The quantitative estimate of drug-likeness (QED) is 0.0511. The minimum Gasteiger partial charge on any atom is -0.465 e. The predicted molar refractivity (Wildman–Crippen MR) is 249 cm³/mol. The highest BCUT2D eigenvalue weighted by Crippen LogP contribution is 2.22. The van der Waals surface area contributed by atoms with E-state index in [1.165, 1.54) is 13.2 Å². The monoisotopic (exact) mass is 888 g/mol. The molecular formula is C50H57ClN6O7. The topological polar surface area (TPSA) is 150 Å². The zero-order valence-electron chi connectivity index (χ0n) is 37.1. The van der Waals surface area contributed by atoms with Gasteiger partial charge < -0.3 is 25.0 Å². The molecule has 2 N–H and O–H groups in total. The van der Waals surface area contributed by atoms with Crippen LogP contribution < -0.4 is 10.6 Å². The van der Waals surface area contributed by atoms with Gasteiger partial charge in [0.2, 0.25) is 5.91 Å². The summed E-state index contributed by atoms with van der Waals surface area (Å²) in [5.74, 6) is -1.89. The van der Waals surface area contributed by atoms with Gasteiger partial charge in [-0.2, -0.15) is 0 Å². The first-order chi connectivity index (χ1) is 30.8. The van der Waals surface area contributed by atoms with Crippen LogP contribution in [-0.4, -0.2) is 89.7 Å². The third kappa shape index (κ3) is 14.9. The van der Waals surface area contributed by atoms with Crippen LogP contribution in [0.1, 0.15) is 93.0 Å². The number of nitrogens with zero attached hydrogens (tertiary/aromatic N) is 4. The molecule has 0 fully saturated rings. The molecule has 5 aromatic rings. The fourth-order valence-electron chi connectivity index (χ4n) is 7.19. The maximum Gasteiger partial charge on any atom is 0.337 e. The number of carbonyl (C=O) groups is 5. The van der Waals surface area contributed by atoms with Crippen molar-refractivity contribution >= 4 is 52.6 Å². The van der Waals surface area contributed by atoms with Gasteiger partial charge in [0.15, 0.2) is 5.69 Å². The molecule has 0 aliphatic rings. The third-order valence-corrected chi connectivity index (χ3v) is 11.0. The van der Waals surface area contributed by atoms with Crippen molar-refractivity contribution in [2.75, 3.05) is 44.9 Å². The number of methoxy groups -OCH3 is 1. The maximum atomic E-state index is 13.7. The van der Waals surface area contributed by atoms with Crippen LogP contribution in [0.4, 0.5) is 11.4 Å². The van der Waals surface area contributed by atoms with Crippen LogP contribution in [0.15, 0.2) is 115 Å². The van der Waals surface area contributed by atoms with Crippen molar-refractivity contribution in [3.8, 4) is 0 Å². The lowest BCUT2D eigenvalue weighted by atomic mass is 10.1. The molecule has 336 valence electrons. The van der Waals surface area contributed by atoms with Crippen molar-refractivity contribution in [2.24, 2.45) is 0 Å². The molecule has 0 aliphatic carbocycles. The lowest BCUT2D eigenvalue weighted by molar-refractivity contribution is -0.147. The molecule has 0 spiro atoms. The SMILES string of the molecule is CCC(CC)N(CCN(C)C(=O)CCC(=O)OCc1ccccc1)Cc1cccc(C(=O)Nc2ccc(Cl)nc2C(=O)Nc2ccc(CN(C)Cc3ccc(C(=O)OC)cc3)cc2)c1. The van der Waals surface area contributed by atoms with Gasteiger partial charge in [-0.05, 0) is 90.7 Å². The summed E-state index contributed by atoms with van der Waals surface area (Å²) >= 11 is 6.24. The molecular weight excluding hydrogens is 832 g/mol. The summed E-state index contributed by atoms with van der Waals surface area (Å²) in [6.45, 7) is 7.33.